The summed E-state index contributed by atoms with van der Waals surface area (Å²) in [5.41, 5.74) is -0.690. The van der Waals surface area contributed by atoms with Crippen molar-refractivity contribution in [3.63, 3.8) is 0 Å². The van der Waals surface area contributed by atoms with E-state index >= 15 is 0 Å². The van der Waals surface area contributed by atoms with Gasteiger partial charge in [-0.15, -0.1) is 0 Å². The first-order valence-corrected chi connectivity index (χ1v) is 5.52. The van der Waals surface area contributed by atoms with Crippen LogP contribution in [0.5, 0.6) is 0 Å². The molecule has 1 N–H and O–H groups in total. The minimum Gasteiger partial charge on any atom is -0.381 e. The van der Waals surface area contributed by atoms with Gasteiger partial charge in [0.15, 0.2) is 0 Å². The molecule has 4 nitrogen and oxygen atoms in total. The summed E-state index contributed by atoms with van der Waals surface area (Å²) in [4.78, 5) is 11.5. The van der Waals surface area contributed by atoms with E-state index in [0.717, 1.165) is 19.4 Å². The van der Waals surface area contributed by atoms with Crippen molar-refractivity contribution in [3.8, 4) is 6.07 Å². The fourth-order valence-electron chi connectivity index (χ4n) is 1.31. The van der Waals surface area contributed by atoms with E-state index in [4.69, 9.17) is 10.00 Å². The fourth-order valence-corrected chi connectivity index (χ4v) is 1.31. The van der Waals surface area contributed by atoms with Crippen LogP contribution in [0.25, 0.3) is 0 Å². The first kappa shape index (κ1) is 12.0. The van der Waals surface area contributed by atoms with E-state index in [1.807, 2.05) is 0 Å². The molecule has 0 spiro atoms. The van der Waals surface area contributed by atoms with Crippen molar-refractivity contribution in [2.45, 2.75) is 32.6 Å². The van der Waals surface area contributed by atoms with E-state index in [2.05, 4.69) is 18.3 Å². The lowest BCUT2D eigenvalue weighted by atomic mass is 10.1. The van der Waals surface area contributed by atoms with Gasteiger partial charge in [0.2, 0.25) is 5.91 Å². The monoisotopic (exact) mass is 210 g/mol. The van der Waals surface area contributed by atoms with Crippen molar-refractivity contribution in [2.75, 3.05) is 19.8 Å². The van der Waals surface area contributed by atoms with E-state index in [-0.39, 0.29) is 5.91 Å². The highest BCUT2D eigenvalue weighted by Crippen LogP contribution is 2.44. The van der Waals surface area contributed by atoms with Gasteiger partial charge in [-0.2, -0.15) is 5.26 Å². The number of rotatable bonds is 7. The fraction of sp³-hybridized carbons (Fsp3) is 0.818. The molecule has 4 heteroatoms. The van der Waals surface area contributed by atoms with E-state index < -0.39 is 5.41 Å². The van der Waals surface area contributed by atoms with Gasteiger partial charge < -0.3 is 10.1 Å². The SMILES string of the molecule is CCCOCCCNC(=O)C1(C#N)CC1. The normalized spacial score (nSPS) is 16.8. The van der Waals surface area contributed by atoms with Crippen LogP contribution in [0, 0.1) is 16.7 Å². The summed E-state index contributed by atoms with van der Waals surface area (Å²) in [6.45, 7) is 4.11. The van der Waals surface area contributed by atoms with Crippen LogP contribution in [0.15, 0.2) is 0 Å². The van der Waals surface area contributed by atoms with Crippen molar-refractivity contribution < 1.29 is 9.53 Å². The molecular formula is C11H18N2O2. The Morgan fingerprint density at radius 2 is 2.27 bits per heavy atom. The number of carbonyl (C=O) groups excluding carboxylic acids is 1. The third kappa shape index (κ3) is 3.52. The van der Waals surface area contributed by atoms with Gasteiger partial charge in [0.05, 0.1) is 6.07 Å². The van der Waals surface area contributed by atoms with Crippen LogP contribution >= 0.6 is 0 Å². The van der Waals surface area contributed by atoms with Gasteiger partial charge in [0.1, 0.15) is 5.41 Å². The lowest BCUT2D eigenvalue weighted by Crippen LogP contribution is -2.32. The molecule has 0 saturated heterocycles. The molecule has 0 bridgehead atoms. The molecule has 1 fully saturated rings. The highest BCUT2D eigenvalue weighted by atomic mass is 16.5. The second-order valence-electron chi connectivity index (χ2n) is 3.92. The van der Waals surface area contributed by atoms with Crippen molar-refractivity contribution in [1.82, 2.24) is 5.32 Å². The highest BCUT2D eigenvalue weighted by molar-refractivity contribution is 5.88. The Kier molecular flexibility index (Phi) is 4.57. The van der Waals surface area contributed by atoms with Crippen molar-refractivity contribution >= 4 is 5.91 Å². The topological polar surface area (TPSA) is 62.1 Å². The number of hydrogen-bond acceptors (Lipinski definition) is 3. The molecule has 15 heavy (non-hydrogen) atoms. The summed E-state index contributed by atoms with van der Waals surface area (Å²) in [5.74, 6) is -0.111. The van der Waals surface area contributed by atoms with E-state index in [1.54, 1.807) is 0 Å². The molecule has 0 heterocycles. The molecule has 1 aliphatic carbocycles. The van der Waals surface area contributed by atoms with Crippen LogP contribution in [0.4, 0.5) is 0 Å². The number of nitriles is 1. The van der Waals surface area contributed by atoms with Crippen LogP contribution in [-0.4, -0.2) is 25.7 Å². The van der Waals surface area contributed by atoms with Crippen LogP contribution in [-0.2, 0) is 9.53 Å². The van der Waals surface area contributed by atoms with Gasteiger partial charge in [0.25, 0.3) is 0 Å². The predicted molar refractivity (Wildman–Crippen MR) is 56.0 cm³/mol. The Balaban J connectivity index is 2.01. The maximum absolute atomic E-state index is 11.5. The Morgan fingerprint density at radius 3 is 2.80 bits per heavy atom. The Morgan fingerprint density at radius 1 is 1.53 bits per heavy atom. The standard InChI is InChI=1S/C11H18N2O2/c1-2-7-15-8-3-6-13-10(14)11(9-12)4-5-11/h2-8H2,1H3,(H,13,14). The predicted octanol–water partition coefficient (Wildman–Crippen LogP) is 1.22. The van der Waals surface area contributed by atoms with Gasteiger partial charge in [-0.05, 0) is 25.7 Å². The zero-order valence-corrected chi connectivity index (χ0v) is 9.21. The Bertz CT molecular complexity index is 254. The summed E-state index contributed by atoms with van der Waals surface area (Å²) < 4.78 is 5.28. The molecule has 1 saturated carbocycles. The van der Waals surface area contributed by atoms with Gasteiger partial charge in [-0.1, -0.05) is 6.92 Å². The lowest BCUT2D eigenvalue weighted by Gasteiger charge is -2.07. The molecule has 0 atom stereocenters. The lowest BCUT2D eigenvalue weighted by molar-refractivity contribution is -0.124. The Labute approximate surface area is 90.6 Å². The smallest absolute Gasteiger partial charge is 0.240 e. The van der Waals surface area contributed by atoms with Crippen LogP contribution in [0.3, 0.4) is 0 Å². The molecule has 0 aliphatic heterocycles. The van der Waals surface area contributed by atoms with Crippen LogP contribution in [0.1, 0.15) is 32.6 Å². The Hall–Kier alpha value is -1.08. The molecular weight excluding hydrogens is 192 g/mol. The molecule has 0 aromatic heterocycles. The number of carbonyl (C=O) groups is 1. The average Bonchev–Trinajstić information content (AvgIpc) is 3.03. The molecule has 0 aromatic rings. The number of nitrogens with one attached hydrogen (secondary N) is 1. The molecule has 0 radical (unpaired) electrons. The highest BCUT2D eigenvalue weighted by Gasteiger charge is 2.50. The summed E-state index contributed by atoms with van der Waals surface area (Å²) >= 11 is 0. The van der Waals surface area contributed by atoms with Crippen LogP contribution in [0.2, 0.25) is 0 Å². The summed E-state index contributed by atoms with van der Waals surface area (Å²) in [7, 11) is 0. The second-order valence-corrected chi connectivity index (χ2v) is 3.92. The molecule has 1 rings (SSSR count). The van der Waals surface area contributed by atoms with Gasteiger partial charge in [-0.3, -0.25) is 4.79 Å². The number of nitrogens with zero attached hydrogens (tertiary/aromatic N) is 1. The van der Waals surface area contributed by atoms with Gasteiger partial charge in [0, 0.05) is 19.8 Å². The maximum Gasteiger partial charge on any atom is 0.240 e. The van der Waals surface area contributed by atoms with E-state index in [1.165, 1.54) is 0 Å². The quantitative estimate of drug-likeness (QED) is 0.643. The maximum atomic E-state index is 11.5. The molecule has 84 valence electrons. The van der Waals surface area contributed by atoms with E-state index in [0.29, 0.717) is 26.0 Å². The molecule has 1 aliphatic rings. The van der Waals surface area contributed by atoms with Gasteiger partial charge >= 0.3 is 0 Å². The summed E-state index contributed by atoms with van der Waals surface area (Å²) in [6, 6.07) is 2.07. The zero-order valence-electron chi connectivity index (χ0n) is 9.21. The summed E-state index contributed by atoms with van der Waals surface area (Å²) in [5, 5.41) is 11.5. The summed E-state index contributed by atoms with van der Waals surface area (Å²) in [6.07, 6.45) is 3.25. The second kappa shape index (κ2) is 5.72. The third-order valence-electron chi connectivity index (χ3n) is 2.50. The molecule has 0 aromatic carbocycles. The minimum atomic E-state index is -0.690. The first-order chi connectivity index (χ1) is 7.25. The molecule has 0 unspecified atom stereocenters. The van der Waals surface area contributed by atoms with Crippen molar-refractivity contribution in [1.29, 1.82) is 5.26 Å². The van der Waals surface area contributed by atoms with Crippen molar-refractivity contribution in [2.24, 2.45) is 5.41 Å². The van der Waals surface area contributed by atoms with E-state index in [9.17, 15) is 4.79 Å². The van der Waals surface area contributed by atoms with Gasteiger partial charge in [-0.25, -0.2) is 0 Å². The largest absolute Gasteiger partial charge is 0.381 e. The zero-order chi connectivity index (χ0) is 11.1. The first-order valence-electron chi connectivity index (χ1n) is 5.52. The third-order valence-corrected chi connectivity index (χ3v) is 2.50. The van der Waals surface area contributed by atoms with Crippen molar-refractivity contribution in [3.05, 3.63) is 0 Å². The minimum absolute atomic E-state index is 0.111. The molecule has 1 amide bonds. The number of amides is 1. The number of hydrogen-bond donors (Lipinski definition) is 1. The average molecular weight is 210 g/mol. The van der Waals surface area contributed by atoms with Crippen LogP contribution < -0.4 is 5.32 Å². The number of ether oxygens (including phenoxy) is 1.